The largest absolute Gasteiger partial charge is 0.466 e. The summed E-state index contributed by atoms with van der Waals surface area (Å²) in [5, 5.41) is 7.52. The predicted octanol–water partition coefficient (Wildman–Crippen LogP) is 4.60. The van der Waals surface area contributed by atoms with E-state index in [-0.39, 0.29) is 5.91 Å². The second kappa shape index (κ2) is 8.52. The van der Waals surface area contributed by atoms with Gasteiger partial charge >= 0.3 is 0 Å². The molecule has 3 rings (SSSR count). The van der Waals surface area contributed by atoms with Gasteiger partial charge in [-0.2, -0.15) is 5.10 Å². The normalized spacial score (nSPS) is 17.6. The number of furan rings is 1. The zero-order valence-corrected chi connectivity index (χ0v) is 17.9. The Morgan fingerprint density at radius 3 is 2.61 bits per heavy atom. The number of aryl methyl sites for hydroxylation is 1. The predicted molar refractivity (Wildman–Crippen MR) is 111 cm³/mol. The van der Waals surface area contributed by atoms with Gasteiger partial charge in [-0.1, -0.05) is 27.7 Å². The summed E-state index contributed by atoms with van der Waals surface area (Å²) in [6, 6.07) is 6.37. The van der Waals surface area contributed by atoms with Crippen LogP contribution in [0.1, 0.15) is 70.4 Å². The SMILES string of the molecule is Cc1ccc(C(C)CCN2CCC(n3nccc3NC(=O)C(C)(C)C)CC2)o1. The Kier molecular flexibility index (Phi) is 6.28. The standard InChI is InChI=1S/C22H34N4O2/c1-16(19-7-6-17(2)28-19)9-13-25-14-10-18(11-15-25)26-20(8-12-23-26)24-21(27)22(3,4)5/h6-8,12,16,18H,9-11,13-15H2,1-5H3,(H,24,27). The highest BCUT2D eigenvalue weighted by Crippen LogP contribution is 2.28. The van der Waals surface area contributed by atoms with Crippen molar-refractivity contribution in [2.45, 2.75) is 65.8 Å². The van der Waals surface area contributed by atoms with Crippen LogP contribution in [0.2, 0.25) is 0 Å². The Hall–Kier alpha value is -2.08. The van der Waals surface area contributed by atoms with Gasteiger partial charge in [0.05, 0.1) is 12.2 Å². The first-order valence-corrected chi connectivity index (χ1v) is 10.4. The zero-order valence-electron chi connectivity index (χ0n) is 17.9. The molecular formula is C22H34N4O2. The van der Waals surface area contributed by atoms with Crippen LogP contribution in [0.25, 0.3) is 0 Å². The third-order valence-electron chi connectivity index (χ3n) is 5.62. The molecule has 1 aliphatic rings. The van der Waals surface area contributed by atoms with Crippen LogP contribution in [0.15, 0.2) is 28.8 Å². The number of nitrogens with zero attached hydrogens (tertiary/aromatic N) is 3. The van der Waals surface area contributed by atoms with Crippen molar-refractivity contribution in [2.75, 3.05) is 25.0 Å². The van der Waals surface area contributed by atoms with E-state index in [4.69, 9.17) is 4.42 Å². The van der Waals surface area contributed by atoms with Crippen LogP contribution in [0.3, 0.4) is 0 Å². The maximum absolute atomic E-state index is 12.3. The number of rotatable bonds is 6. The Balaban J connectivity index is 1.49. The molecule has 0 radical (unpaired) electrons. The monoisotopic (exact) mass is 386 g/mol. The van der Waals surface area contributed by atoms with E-state index in [0.717, 1.165) is 56.2 Å². The van der Waals surface area contributed by atoms with Gasteiger partial charge in [-0.05, 0) is 44.9 Å². The molecule has 0 bridgehead atoms. The van der Waals surface area contributed by atoms with Crippen molar-refractivity contribution in [3.63, 3.8) is 0 Å². The van der Waals surface area contributed by atoms with Crippen LogP contribution in [0, 0.1) is 12.3 Å². The van der Waals surface area contributed by atoms with Gasteiger partial charge in [-0.25, -0.2) is 4.68 Å². The summed E-state index contributed by atoms with van der Waals surface area (Å²) >= 11 is 0. The van der Waals surface area contributed by atoms with E-state index in [2.05, 4.69) is 28.3 Å². The third kappa shape index (κ3) is 5.04. The summed E-state index contributed by atoms with van der Waals surface area (Å²) in [5.74, 6) is 3.34. The molecule has 1 aliphatic heterocycles. The van der Waals surface area contributed by atoms with Gasteiger partial charge in [-0.3, -0.25) is 4.79 Å². The van der Waals surface area contributed by atoms with E-state index < -0.39 is 5.41 Å². The third-order valence-corrected chi connectivity index (χ3v) is 5.62. The highest BCUT2D eigenvalue weighted by atomic mass is 16.3. The Bertz CT molecular complexity index is 779. The molecule has 1 unspecified atom stereocenters. The zero-order chi connectivity index (χ0) is 20.3. The van der Waals surface area contributed by atoms with Crippen LogP contribution in [-0.2, 0) is 4.79 Å². The summed E-state index contributed by atoms with van der Waals surface area (Å²) in [7, 11) is 0. The number of hydrogen-bond donors (Lipinski definition) is 1. The first-order chi connectivity index (χ1) is 13.2. The lowest BCUT2D eigenvalue weighted by atomic mass is 9.96. The van der Waals surface area contributed by atoms with Gasteiger partial charge < -0.3 is 14.6 Å². The molecule has 6 heteroatoms. The minimum absolute atomic E-state index is 0.0221. The maximum Gasteiger partial charge on any atom is 0.230 e. The number of amides is 1. The second-order valence-electron chi connectivity index (χ2n) is 9.08. The molecule has 0 saturated carbocycles. The van der Waals surface area contributed by atoms with Crippen LogP contribution in [0.4, 0.5) is 5.82 Å². The van der Waals surface area contributed by atoms with Crippen LogP contribution < -0.4 is 5.32 Å². The van der Waals surface area contributed by atoms with E-state index in [0.29, 0.717) is 12.0 Å². The lowest BCUT2D eigenvalue weighted by Crippen LogP contribution is -2.36. The average Bonchev–Trinajstić information content (AvgIpc) is 3.28. The average molecular weight is 387 g/mol. The van der Waals surface area contributed by atoms with Gasteiger partial charge in [0.15, 0.2) is 0 Å². The molecule has 1 amide bonds. The first-order valence-electron chi connectivity index (χ1n) is 10.4. The van der Waals surface area contributed by atoms with Crippen molar-refractivity contribution in [1.29, 1.82) is 0 Å². The van der Waals surface area contributed by atoms with E-state index in [1.807, 2.05) is 44.5 Å². The lowest BCUT2D eigenvalue weighted by molar-refractivity contribution is -0.123. The molecule has 2 aromatic rings. The summed E-state index contributed by atoms with van der Waals surface area (Å²) < 4.78 is 7.75. The minimum atomic E-state index is -0.415. The highest BCUT2D eigenvalue weighted by Gasteiger charge is 2.26. The van der Waals surface area contributed by atoms with Gasteiger partial charge in [-0.15, -0.1) is 0 Å². The Labute approximate surface area is 168 Å². The quantitative estimate of drug-likeness (QED) is 0.788. The number of aromatic nitrogens is 2. The molecule has 6 nitrogen and oxygen atoms in total. The fourth-order valence-electron chi connectivity index (χ4n) is 3.63. The van der Waals surface area contributed by atoms with Gasteiger partial charge in [0.2, 0.25) is 5.91 Å². The van der Waals surface area contributed by atoms with E-state index in [1.54, 1.807) is 6.20 Å². The number of nitrogens with one attached hydrogen (secondary N) is 1. The number of anilines is 1. The molecule has 3 heterocycles. The van der Waals surface area contributed by atoms with Crippen LogP contribution >= 0.6 is 0 Å². The number of likely N-dealkylation sites (tertiary alicyclic amines) is 1. The molecule has 0 aliphatic carbocycles. The lowest BCUT2D eigenvalue weighted by Gasteiger charge is -2.33. The molecular weight excluding hydrogens is 352 g/mol. The Morgan fingerprint density at radius 2 is 2.00 bits per heavy atom. The van der Waals surface area contributed by atoms with E-state index in [9.17, 15) is 4.79 Å². The molecule has 0 aromatic carbocycles. The fourth-order valence-corrected chi connectivity index (χ4v) is 3.63. The number of carbonyl (C=O) groups is 1. The maximum atomic E-state index is 12.3. The summed E-state index contributed by atoms with van der Waals surface area (Å²) in [5.41, 5.74) is -0.415. The minimum Gasteiger partial charge on any atom is -0.466 e. The van der Waals surface area contributed by atoms with Crippen molar-refractivity contribution in [3.05, 3.63) is 35.9 Å². The fraction of sp³-hybridized carbons (Fsp3) is 0.636. The van der Waals surface area contributed by atoms with Crippen molar-refractivity contribution in [1.82, 2.24) is 14.7 Å². The number of piperidine rings is 1. The van der Waals surface area contributed by atoms with E-state index in [1.165, 1.54) is 0 Å². The molecule has 1 fully saturated rings. The topological polar surface area (TPSA) is 63.3 Å². The number of hydrogen-bond acceptors (Lipinski definition) is 4. The molecule has 28 heavy (non-hydrogen) atoms. The van der Waals surface area contributed by atoms with Gasteiger partial charge in [0.1, 0.15) is 17.3 Å². The van der Waals surface area contributed by atoms with E-state index >= 15 is 0 Å². The van der Waals surface area contributed by atoms with Crippen molar-refractivity contribution in [2.24, 2.45) is 5.41 Å². The molecule has 1 saturated heterocycles. The molecule has 1 N–H and O–H groups in total. The molecule has 2 aromatic heterocycles. The van der Waals surface area contributed by atoms with Crippen molar-refractivity contribution < 1.29 is 9.21 Å². The van der Waals surface area contributed by atoms with Gasteiger partial charge in [0, 0.05) is 30.5 Å². The Morgan fingerprint density at radius 1 is 1.29 bits per heavy atom. The summed E-state index contributed by atoms with van der Waals surface area (Å²) in [4.78, 5) is 14.8. The van der Waals surface area contributed by atoms with Crippen molar-refractivity contribution in [3.8, 4) is 0 Å². The second-order valence-corrected chi connectivity index (χ2v) is 9.08. The summed E-state index contributed by atoms with van der Waals surface area (Å²) in [6.45, 7) is 13.2. The number of carbonyl (C=O) groups excluding carboxylic acids is 1. The first kappa shape index (κ1) is 20.6. The van der Waals surface area contributed by atoms with Crippen LogP contribution in [-0.4, -0.2) is 40.2 Å². The molecule has 154 valence electrons. The van der Waals surface area contributed by atoms with Crippen molar-refractivity contribution >= 4 is 11.7 Å². The van der Waals surface area contributed by atoms with Crippen LogP contribution in [0.5, 0.6) is 0 Å². The smallest absolute Gasteiger partial charge is 0.230 e. The highest BCUT2D eigenvalue weighted by molar-refractivity contribution is 5.93. The molecule has 0 spiro atoms. The summed E-state index contributed by atoms with van der Waals surface area (Å²) in [6.07, 6.45) is 4.98. The molecule has 1 atom stereocenters. The van der Waals surface area contributed by atoms with Gasteiger partial charge in [0.25, 0.3) is 0 Å².